The van der Waals surface area contributed by atoms with Crippen LogP contribution in [-0.4, -0.2) is 33.0 Å². The number of thioether (sulfide) groups is 1. The summed E-state index contributed by atoms with van der Waals surface area (Å²) >= 11 is 1.17. The van der Waals surface area contributed by atoms with Crippen LogP contribution in [0.25, 0.3) is 0 Å². The summed E-state index contributed by atoms with van der Waals surface area (Å²) in [6, 6.07) is 18.4. The molecule has 0 bridgehead atoms. The number of aliphatic imine (C=N–C) groups is 1. The summed E-state index contributed by atoms with van der Waals surface area (Å²) in [5, 5.41) is 8.79. The lowest BCUT2D eigenvalue weighted by Gasteiger charge is -2.23. The second-order valence-corrected chi connectivity index (χ2v) is 10.3. The molecule has 9 heteroatoms. The number of carbonyl (C=O) groups excluding carboxylic acids is 2. The molecule has 2 aliphatic heterocycles. The maximum absolute atomic E-state index is 13.8. The van der Waals surface area contributed by atoms with E-state index in [1.165, 1.54) is 30.0 Å². The number of anilines is 1. The van der Waals surface area contributed by atoms with Gasteiger partial charge in [-0.2, -0.15) is 10.1 Å². The van der Waals surface area contributed by atoms with Crippen LogP contribution in [-0.2, 0) is 9.59 Å². The van der Waals surface area contributed by atoms with E-state index in [4.69, 9.17) is 5.10 Å². The maximum atomic E-state index is 13.8. The van der Waals surface area contributed by atoms with Crippen LogP contribution in [0.15, 0.2) is 76.8 Å². The predicted molar refractivity (Wildman–Crippen MR) is 142 cm³/mol. The van der Waals surface area contributed by atoms with E-state index < -0.39 is 22.9 Å². The van der Waals surface area contributed by atoms with Gasteiger partial charge in [-0.05, 0) is 54.8 Å². The van der Waals surface area contributed by atoms with Crippen LogP contribution in [0.5, 0.6) is 0 Å². The van der Waals surface area contributed by atoms with Crippen LogP contribution in [0.2, 0.25) is 0 Å². The van der Waals surface area contributed by atoms with Crippen LogP contribution in [0, 0.1) is 25.5 Å². The highest BCUT2D eigenvalue weighted by Gasteiger charge is 2.39. The summed E-state index contributed by atoms with van der Waals surface area (Å²) in [5.41, 5.74) is 4.55. The average molecular weight is 519 g/mol. The van der Waals surface area contributed by atoms with Crippen molar-refractivity contribution in [1.29, 1.82) is 0 Å². The molecular formula is C28H24F2N4O2S. The van der Waals surface area contributed by atoms with Gasteiger partial charge in [0.15, 0.2) is 5.17 Å². The van der Waals surface area contributed by atoms with Crippen LogP contribution in [0.3, 0.4) is 0 Å². The normalized spacial score (nSPS) is 19.1. The first-order chi connectivity index (χ1) is 17.8. The van der Waals surface area contributed by atoms with Gasteiger partial charge in [-0.1, -0.05) is 59.8 Å². The number of hydrogen-bond acceptors (Lipinski definition) is 5. The minimum absolute atomic E-state index is 0.115. The lowest BCUT2D eigenvalue weighted by molar-refractivity contribution is -0.121. The van der Waals surface area contributed by atoms with Crippen molar-refractivity contribution < 1.29 is 18.4 Å². The molecule has 0 unspecified atom stereocenters. The Bertz CT molecular complexity index is 1420. The van der Waals surface area contributed by atoms with Crippen molar-refractivity contribution in [2.45, 2.75) is 38.0 Å². The van der Waals surface area contributed by atoms with E-state index in [2.05, 4.69) is 10.3 Å². The number of halogens is 2. The van der Waals surface area contributed by atoms with Crippen molar-refractivity contribution in [1.82, 2.24) is 5.01 Å². The van der Waals surface area contributed by atoms with Crippen molar-refractivity contribution in [2.75, 3.05) is 5.32 Å². The molecule has 3 aromatic rings. The van der Waals surface area contributed by atoms with Crippen LogP contribution < -0.4 is 5.32 Å². The second kappa shape index (κ2) is 10.3. The topological polar surface area (TPSA) is 74.1 Å². The molecule has 0 fully saturated rings. The molecule has 6 nitrogen and oxygen atoms in total. The molecule has 5 rings (SSSR count). The quantitative estimate of drug-likeness (QED) is 0.466. The largest absolute Gasteiger partial charge is 0.326 e. The molecule has 0 spiro atoms. The number of nitrogens with one attached hydrogen (secondary N) is 1. The van der Waals surface area contributed by atoms with Gasteiger partial charge in [-0.3, -0.25) is 9.59 Å². The zero-order valence-corrected chi connectivity index (χ0v) is 21.1. The maximum Gasteiger partial charge on any atom is 0.262 e. The van der Waals surface area contributed by atoms with Gasteiger partial charge in [-0.25, -0.2) is 13.8 Å². The van der Waals surface area contributed by atoms with E-state index in [-0.39, 0.29) is 18.3 Å². The van der Waals surface area contributed by atoms with Gasteiger partial charge in [-0.15, -0.1) is 0 Å². The van der Waals surface area contributed by atoms with E-state index in [1.54, 1.807) is 36.2 Å². The smallest absolute Gasteiger partial charge is 0.262 e. The number of aryl methyl sites for hydroxylation is 2. The van der Waals surface area contributed by atoms with Crippen molar-refractivity contribution in [3.8, 4) is 0 Å². The minimum atomic E-state index is -0.724. The van der Waals surface area contributed by atoms with Gasteiger partial charge >= 0.3 is 0 Å². The Hall–Kier alpha value is -3.85. The Morgan fingerprint density at radius 3 is 2.49 bits per heavy atom. The van der Waals surface area contributed by atoms with Gasteiger partial charge in [0.1, 0.15) is 16.9 Å². The first-order valence-electron chi connectivity index (χ1n) is 11.8. The third kappa shape index (κ3) is 5.46. The number of rotatable bonds is 5. The zero-order chi connectivity index (χ0) is 26.1. The van der Waals surface area contributed by atoms with Crippen molar-refractivity contribution in [2.24, 2.45) is 10.1 Å². The Balaban J connectivity index is 1.34. The third-order valence-corrected chi connectivity index (χ3v) is 7.44. The fourth-order valence-electron chi connectivity index (χ4n) is 4.21. The minimum Gasteiger partial charge on any atom is -0.326 e. The van der Waals surface area contributed by atoms with E-state index in [0.717, 1.165) is 22.4 Å². The SMILES string of the molecule is Cc1ccc(C2=NN(C3=NC(=O)[C@@H](CC(=O)Nc4ccc(C)c(F)c4)S3)[C@@H](c3ccc(F)cc3)C2)cc1. The van der Waals surface area contributed by atoms with Gasteiger partial charge in [0.25, 0.3) is 5.91 Å². The van der Waals surface area contributed by atoms with Crippen LogP contribution >= 0.6 is 11.8 Å². The van der Waals surface area contributed by atoms with Crippen molar-refractivity contribution in [3.05, 3.63) is 101 Å². The summed E-state index contributed by atoms with van der Waals surface area (Å²) in [6.45, 7) is 3.65. The highest BCUT2D eigenvalue weighted by atomic mass is 32.2. The van der Waals surface area contributed by atoms with Gasteiger partial charge in [0.05, 0.1) is 11.8 Å². The molecule has 0 aromatic heterocycles. The molecule has 2 heterocycles. The molecule has 0 saturated carbocycles. The Kier molecular flexibility index (Phi) is 6.88. The standard InChI is InChI=1S/C28H24F2N4O2S/c1-16-3-6-18(7-4-16)23-14-24(19-8-10-20(29)11-9-19)34(33-23)28-32-27(36)25(37-28)15-26(35)31-21-12-5-17(2)22(30)13-21/h3-13,24-25H,14-15H2,1-2H3,(H,31,35)/t24-,25-/m1/s1. The molecule has 1 N–H and O–H groups in total. The molecule has 188 valence electrons. The molecule has 0 radical (unpaired) electrons. The first-order valence-corrected chi connectivity index (χ1v) is 12.7. The number of hydrogen-bond donors (Lipinski definition) is 1. The Morgan fingerprint density at radius 1 is 1.05 bits per heavy atom. The van der Waals surface area contributed by atoms with Gasteiger partial charge < -0.3 is 5.32 Å². The third-order valence-electron chi connectivity index (χ3n) is 6.30. The fraction of sp³-hybridized carbons (Fsp3) is 0.214. The second-order valence-electron chi connectivity index (χ2n) is 9.08. The Morgan fingerprint density at radius 2 is 1.78 bits per heavy atom. The van der Waals surface area contributed by atoms with E-state index >= 15 is 0 Å². The van der Waals surface area contributed by atoms with Crippen LogP contribution in [0.4, 0.5) is 14.5 Å². The highest BCUT2D eigenvalue weighted by Crippen LogP contribution is 2.38. The van der Waals surface area contributed by atoms with Gasteiger partial charge in [0.2, 0.25) is 5.91 Å². The van der Waals surface area contributed by atoms with Crippen molar-refractivity contribution in [3.63, 3.8) is 0 Å². The molecular weight excluding hydrogens is 494 g/mol. The summed E-state index contributed by atoms with van der Waals surface area (Å²) < 4.78 is 27.4. The molecule has 2 amide bonds. The summed E-state index contributed by atoms with van der Waals surface area (Å²) in [6.07, 6.45) is 0.433. The lowest BCUT2D eigenvalue weighted by atomic mass is 9.98. The Labute approximate surface area is 217 Å². The number of hydrazone groups is 1. The van der Waals surface area contributed by atoms with E-state index in [0.29, 0.717) is 22.8 Å². The monoisotopic (exact) mass is 518 g/mol. The van der Waals surface area contributed by atoms with Crippen molar-refractivity contribution >= 4 is 40.1 Å². The summed E-state index contributed by atoms with van der Waals surface area (Å²) in [5.74, 6) is -1.60. The van der Waals surface area contributed by atoms with E-state index in [9.17, 15) is 18.4 Å². The number of benzene rings is 3. The van der Waals surface area contributed by atoms with E-state index in [1.807, 2.05) is 31.2 Å². The first kappa shape index (κ1) is 24.8. The lowest BCUT2D eigenvalue weighted by Crippen LogP contribution is -2.25. The number of carbonyl (C=O) groups is 2. The zero-order valence-electron chi connectivity index (χ0n) is 20.2. The molecule has 2 atom stereocenters. The van der Waals surface area contributed by atoms with Crippen LogP contribution in [0.1, 0.15) is 41.1 Å². The molecule has 0 aliphatic carbocycles. The molecule has 2 aliphatic rings. The number of amidine groups is 1. The highest BCUT2D eigenvalue weighted by molar-refractivity contribution is 8.15. The summed E-state index contributed by atoms with van der Waals surface area (Å²) in [4.78, 5) is 29.5. The molecule has 37 heavy (non-hydrogen) atoms. The van der Waals surface area contributed by atoms with Gasteiger partial charge in [0, 0.05) is 18.5 Å². The average Bonchev–Trinajstić information content (AvgIpc) is 3.46. The summed E-state index contributed by atoms with van der Waals surface area (Å²) in [7, 11) is 0. The predicted octanol–water partition coefficient (Wildman–Crippen LogP) is 5.76. The molecule has 0 saturated heterocycles. The number of amides is 2. The molecule has 3 aromatic carbocycles. The fourth-order valence-corrected chi connectivity index (χ4v) is 5.27. The number of nitrogens with zero attached hydrogens (tertiary/aromatic N) is 3.